The third-order valence-electron chi connectivity index (χ3n) is 5.14. The molecule has 3 aromatic rings. The van der Waals surface area contributed by atoms with Crippen LogP contribution in [0.2, 0.25) is 0 Å². The summed E-state index contributed by atoms with van der Waals surface area (Å²) in [6.45, 7) is 6.30. The fourth-order valence-corrected chi connectivity index (χ4v) is 3.52. The Balaban J connectivity index is 1.39. The minimum Gasteiger partial charge on any atom is -0.419 e. The van der Waals surface area contributed by atoms with Gasteiger partial charge in [0.05, 0.1) is 6.04 Å². The summed E-state index contributed by atoms with van der Waals surface area (Å²) in [7, 11) is 0. The van der Waals surface area contributed by atoms with Crippen LogP contribution >= 0.6 is 0 Å². The summed E-state index contributed by atoms with van der Waals surface area (Å²) < 4.78 is 5.86. The predicted octanol–water partition coefficient (Wildman–Crippen LogP) is 4.18. The molecule has 0 spiro atoms. The van der Waals surface area contributed by atoms with Crippen LogP contribution in [0.15, 0.2) is 59.0 Å². The van der Waals surface area contributed by atoms with Crippen molar-refractivity contribution >= 4 is 0 Å². The molecule has 1 aliphatic heterocycles. The summed E-state index contributed by atoms with van der Waals surface area (Å²) in [4.78, 5) is 2.53. The number of nitrogens with zero attached hydrogens (tertiary/aromatic N) is 3. The van der Waals surface area contributed by atoms with Crippen molar-refractivity contribution in [3.63, 3.8) is 0 Å². The molecule has 1 unspecified atom stereocenters. The third kappa shape index (κ3) is 4.43. The van der Waals surface area contributed by atoms with Gasteiger partial charge < -0.3 is 9.73 Å². The van der Waals surface area contributed by atoms with E-state index in [2.05, 4.69) is 51.6 Å². The van der Waals surface area contributed by atoms with Crippen LogP contribution in [-0.4, -0.2) is 28.2 Å². The van der Waals surface area contributed by atoms with Gasteiger partial charge in [-0.25, -0.2) is 0 Å². The average molecular weight is 362 g/mol. The molecule has 1 aliphatic rings. The Morgan fingerprint density at radius 1 is 0.963 bits per heavy atom. The van der Waals surface area contributed by atoms with Gasteiger partial charge in [0, 0.05) is 18.7 Å². The smallest absolute Gasteiger partial charge is 0.247 e. The van der Waals surface area contributed by atoms with E-state index in [1.165, 1.54) is 37.1 Å². The molecule has 0 saturated carbocycles. The average Bonchev–Trinajstić information content (AvgIpc) is 3.40. The number of hydrogen-bond acceptors (Lipinski definition) is 5. The topological polar surface area (TPSA) is 54.2 Å². The van der Waals surface area contributed by atoms with Crippen molar-refractivity contribution in [2.24, 2.45) is 0 Å². The Labute approximate surface area is 160 Å². The Hall–Kier alpha value is -2.50. The van der Waals surface area contributed by atoms with Crippen LogP contribution in [0.4, 0.5) is 0 Å². The third-order valence-corrected chi connectivity index (χ3v) is 5.14. The van der Waals surface area contributed by atoms with Crippen LogP contribution in [0, 0.1) is 0 Å². The fraction of sp³-hybridized carbons (Fsp3) is 0.364. The summed E-state index contributed by atoms with van der Waals surface area (Å²) in [5.74, 6) is 1.18. The summed E-state index contributed by atoms with van der Waals surface area (Å²) in [6, 6.07) is 18.5. The maximum absolute atomic E-state index is 5.86. The molecule has 27 heavy (non-hydrogen) atoms. The maximum Gasteiger partial charge on any atom is 0.247 e. The second-order valence-electron chi connectivity index (χ2n) is 7.17. The van der Waals surface area contributed by atoms with E-state index in [0.717, 1.165) is 18.7 Å². The quantitative estimate of drug-likeness (QED) is 0.683. The van der Waals surface area contributed by atoms with Crippen molar-refractivity contribution in [1.82, 2.24) is 20.4 Å². The van der Waals surface area contributed by atoms with Gasteiger partial charge in [0.2, 0.25) is 11.8 Å². The van der Waals surface area contributed by atoms with Gasteiger partial charge >= 0.3 is 0 Å². The zero-order chi connectivity index (χ0) is 18.5. The lowest BCUT2D eigenvalue weighted by Gasteiger charge is -2.18. The highest BCUT2D eigenvalue weighted by molar-refractivity contribution is 5.51. The van der Waals surface area contributed by atoms with E-state index in [4.69, 9.17) is 4.42 Å². The van der Waals surface area contributed by atoms with Gasteiger partial charge in [-0.15, -0.1) is 10.2 Å². The zero-order valence-corrected chi connectivity index (χ0v) is 15.8. The molecule has 5 nitrogen and oxygen atoms in total. The summed E-state index contributed by atoms with van der Waals surface area (Å²) in [6.07, 6.45) is 2.64. The van der Waals surface area contributed by atoms with Crippen LogP contribution < -0.4 is 5.32 Å². The molecule has 1 saturated heterocycles. The molecule has 0 amide bonds. The van der Waals surface area contributed by atoms with Crippen molar-refractivity contribution in [3.05, 3.63) is 71.6 Å². The number of hydrogen-bond donors (Lipinski definition) is 1. The first kappa shape index (κ1) is 17.9. The molecule has 0 bridgehead atoms. The lowest BCUT2D eigenvalue weighted by Crippen LogP contribution is -2.22. The fourth-order valence-electron chi connectivity index (χ4n) is 3.52. The highest BCUT2D eigenvalue weighted by Crippen LogP contribution is 2.21. The van der Waals surface area contributed by atoms with Crippen LogP contribution in [0.25, 0.3) is 11.5 Å². The lowest BCUT2D eigenvalue weighted by molar-refractivity contribution is 0.329. The first-order valence-electron chi connectivity index (χ1n) is 9.71. The van der Waals surface area contributed by atoms with Gasteiger partial charge in [0.15, 0.2) is 0 Å². The van der Waals surface area contributed by atoms with Gasteiger partial charge in [-0.2, -0.15) is 0 Å². The Bertz CT molecular complexity index is 856. The van der Waals surface area contributed by atoms with E-state index in [1.807, 2.05) is 30.3 Å². The Morgan fingerprint density at radius 2 is 1.67 bits per heavy atom. The molecule has 4 rings (SSSR count). The van der Waals surface area contributed by atoms with Gasteiger partial charge in [-0.05, 0) is 56.1 Å². The van der Waals surface area contributed by atoms with Crippen LogP contribution in [0.5, 0.6) is 0 Å². The van der Waals surface area contributed by atoms with Gasteiger partial charge in [-0.1, -0.05) is 42.5 Å². The molecular formula is C22H26N4O. The van der Waals surface area contributed by atoms with Gasteiger partial charge in [0.25, 0.3) is 0 Å². The second kappa shape index (κ2) is 8.46. The molecule has 0 radical (unpaired) electrons. The molecule has 1 aromatic heterocycles. The Kier molecular flexibility index (Phi) is 5.61. The Morgan fingerprint density at radius 3 is 2.44 bits per heavy atom. The van der Waals surface area contributed by atoms with Crippen molar-refractivity contribution in [3.8, 4) is 11.5 Å². The monoisotopic (exact) mass is 362 g/mol. The minimum atomic E-state index is -0.00481. The summed E-state index contributed by atoms with van der Waals surface area (Å²) in [5.41, 5.74) is 3.67. The molecule has 2 heterocycles. The molecule has 140 valence electrons. The number of aromatic nitrogens is 2. The van der Waals surface area contributed by atoms with E-state index >= 15 is 0 Å². The second-order valence-corrected chi connectivity index (χ2v) is 7.17. The van der Waals surface area contributed by atoms with Crippen molar-refractivity contribution in [2.45, 2.75) is 38.9 Å². The number of benzene rings is 2. The highest BCUT2D eigenvalue weighted by Gasteiger charge is 2.16. The molecular weight excluding hydrogens is 336 g/mol. The SMILES string of the molecule is CC(NCc1ccccc1CN1CCCC1)c1nnc(-c2ccccc2)o1. The standard InChI is InChI=1S/C22H26N4O/c1-17(21-24-25-22(27-21)18-9-3-2-4-10-18)23-15-19-11-5-6-12-20(19)16-26-13-7-8-14-26/h2-6,9-12,17,23H,7-8,13-16H2,1H3. The highest BCUT2D eigenvalue weighted by atomic mass is 16.4. The number of rotatable bonds is 7. The van der Waals surface area contributed by atoms with Gasteiger partial charge in [0.1, 0.15) is 0 Å². The van der Waals surface area contributed by atoms with E-state index < -0.39 is 0 Å². The van der Waals surface area contributed by atoms with E-state index in [1.54, 1.807) is 0 Å². The first-order chi connectivity index (χ1) is 13.3. The minimum absolute atomic E-state index is 0.00481. The summed E-state index contributed by atoms with van der Waals surface area (Å²) >= 11 is 0. The predicted molar refractivity (Wildman–Crippen MR) is 106 cm³/mol. The van der Waals surface area contributed by atoms with Crippen molar-refractivity contribution < 1.29 is 4.42 Å². The lowest BCUT2D eigenvalue weighted by atomic mass is 10.1. The molecule has 1 atom stereocenters. The van der Waals surface area contributed by atoms with Crippen molar-refractivity contribution in [1.29, 1.82) is 0 Å². The molecule has 1 fully saturated rings. The van der Waals surface area contributed by atoms with E-state index in [-0.39, 0.29) is 6.04 Å². The normalized spacial score (nSPS) is 15.9. The number of likely N-dealkylation sites (tertiary alicyclic amines) is 1. The summed E-state index contributed by atoms with van der Waals surface area (Å²) in [5, 5.41) is 11.9. The molecule has 2 aromatic carbocycles. The van der Waals surface area contributed by atoms with Gasteiger partial charge in [-0.3, -0.25) is 4.90 Å². The zero-order valence-electron chi connectivity index (χ0n) is 15.8. The molecule has 5 heteroatoms. The maximum atomic E-state index is 5.86. The largest absolute Gasteiger partial charge is 0.419 e. The molecule has 0 aliphatic carbocycles. The first-order valence-corrected chi connectivity index (χ1v) is 9.71. The van der Waals surface area contributed by atoms with Crippen LogP contribution in [0.3, 0.4) is 0 Å². The number of nitrogens with one attached hydrogen (secondary N) is 1. The van der Waals surface area contributed by atoms with Crippen LogP contribution in [0.1, 0.15) is 42.8 Å². The van der Waals surface area contributed by atoms with Crippen LogP contribution in [-0.2, 0) is 13.1 Å². The van der Waals surface area contributed by atoms with E-state index in [9.17, 15) is 0 Å². The van der Waals surface area contributed by atoms with E-state index in [0.29, 0.717) is 11.8 Å². The molecule has 1 N–H and O–H groups in total. The van der Waals surface area contributed by atoms with Crippen molar-refractivity contribution in [2.75, 3.05) is 13.1 Å².